The van der Waals surface area contributed by atoms with E-state index in [9.17, 15) is 4.11 Å². The summed E-state index contributed by atoms with van der Waals surface area (Å²) in [6, 6.07) is 31.1. The van der Waals surface area contributed by atoms with Gasteiger partial charge in [-0.05, 0) is 105 Å². The highest BCUT2D eigenvalue weighted by Gasteiger charge is 2.22. The summed E-state index contributed by atoms with van der Waals surface area (Å²) in [7, 11) is 0. The third-order valence-corrected chi connectivity index (χ3v) is 9.65. The summed E-state index contributed by atoms with van der Waals surface area (Å²) in [5.74, 6) is 1.57. The Bertz CT molecular complexity index is 3420. The largest absolute Gasteiger partial charge is 0.456 e. The van der Waals surface area contributed by atoms with Crippen LogP contribution in [-0.2, 0) is 0 Å². The number of hydrogen-bond donors (Lipinski definition) is 0. The minimum absolute atomic E-state index is 0.0388. The monoisotopic (exact) mass is 603 g/mol. The van der Waals surface area contributed by atoms with Crippen LogP contribution in [0.3, 0.4) is 0 Å². The second kappa shape index (κ2) is 9.19. The molecule has 0 N–H and O–H groups in total. The summed E-state index contributed by atoms with van der Waals surface area (Å²) in [5.41, 5.74) is 4.67. The Hall–Kier alpha value is -6.18. The highest BCUT2D eigenvalue weighted by atomic mass is 16.5. The van der Waals surface area contributed by atoms with Crippen molar-refractivity contribution in [3.05, 3.63) is 158 Å². The van der Waals surface area contributed by atoms with Crippen molar-refractivity contribution in [1.29, 1.82) is 0 Å². The van der Waals surface area contributed by atoms with Gasteiger partial charge in [0.1, 0.15) is 11.5 Å². The second-order valence-electron chi connectivity index (χ2n) is 12.1. The normalized spacial score (nSPS) is 15.1. The Morgan fingerprint density at radius 2 is 1.04 bits per heavy atom. The van der Waals surface area contributed by atoms with Crippen molar-refractivity contribution in [3.8, 4) is 44.9 Å². The van der Waals surface area contributed by atoms with Gasteiger partial charge in [0.05, 0.1) is 12.3 Å². The van der Waals surface area contributed by atoms with Crippen LogP contribution >= 0.6 is 0 Å². The zero-order chi connectivity index (χ0) is 38.5. The first kappa shape index (κ1) is 18.1. The number of benzene rings is 10. The third-order valence-electron chi connectivity index (χ3n) is 9.65. The molecule has 0 spiro atoms. The van der Waals surface area contributed by atoms with Crippen molar-refractivity contribution in [2.75, 3.05) is 0 Å². The van der Waals surface area contributed by atoms with Crippen LogP contribution in [0, 0.1) is 0 Å². The fourth-order valence-corrected chi connectivity index (χ4v) is 7.59. The van der Waals surface area contributed by atoms with Crippen LogP contribution in [0.25, 0.3) is 98.0 Å². The summed E-state index contributed by atoms with van der Waals surface area (Å²) in [6.07, 6.45) is 0. The molecular formula is C46H26O. The highest BCUT2D eigenvalue weighted by molar-refractivity contribution is 6.26. The lowest BCUT2D eigenvalue weighted by Crippen LogP contribution is -1.98. The Kier molecular flexibility index (Phi) is 3.54. The first-order valence-electron chi connectivity index (χ1n) is 20.0. The lowest BCUT2D eigenvalue weighted by atomic mass is 9.87. The fraction of sp³-hybridized carbons (Fsp3) is 0. The zero-order valence-electron chi connectivity index (χ0n) is 33.7. The minimum Gasteiger partial charge on any atom is -0.456 e. The molecule has 1 nitrogen and oxygen atoms in total. The van der Waals surface area contributed by atoms with Crippen LogP contribution in [0.15, 0.2) is 158 Å². The molecule has 0 saturated carbocycles. The lowest BCUT2D eigenvalue weighted by molar-refractivity contribution is 0.488. The Balaban J connectivity index is 1.18. The van der Waals surface area contributed by atoms with Crippen molar-refractivity contribution in [1.82, 2.24) is 0 Å². The van der Waals surface area contributed by atoms with E-state index in [-0.39, 0.29) is 68.1 Å². The minimum atomic E-state index is -0.492. The first-order chi connectivity index (χ1) is 27.1. The molecule has 10 aromatic carbocycles. The SMILES string of the molecule is [2H]c1c([2H])c2c([2H])c([2H])c3c([2H])c([2H])c(-c4cccc5c(-c6ccc7c(c6)-c6cccc8c6c(cc6ccccc68)O7)cccc45)c4c([2H])c([2H])c(c1[2H])c2c34. The van der Waals surface area contributed by atoms with E-state index >= 15 is 0 Å². The lowest BCUT2D eigenvalue weighted by Gasteiger charge is -2.23. The second-order valence-corrected chi connectivity index (χ2v) is 12.1. The smallest absolute Gasteiger partial charge is 0.136 e. The van der Waals surface area contributed by atoms with Crippen LogP contribution in [0.2, 0.25) is 0 Å². The van der Waals surface area contributed by atoms with Crippen molar-refractivity contribution < 1.29 is 17.1 Å². The molecule has 0 atom stereocenters. The molecule has 47 heavy (non-hydrogen) atoms. The topological polar surface area (TPSA) is 9.23 Å². The maximum absolute atomic E-state index is 9.37. The molecule has 0 saturated heterocycles. The van der Waals surface area contributed by atoms with Gasteiger partial charge >= 0.3 is 0 Å². The molecule has 11 rings (SSSR count). The standard InChI is InChI=1S/C46H26O/c1-2-10-33-30(7-1)26-43-46-38(33)15-6-16-39(46)41-25-31(21-24-42(41)47-43)32-11-4-13-35-34(32)12-5-14-36(35)37-22-19-29-18-17-27-8-3-9-28-20-23-40(37)45(29)44(27)28/h1-26H/i3D,8D,9D,17D,18D,19D,20D,22D,23D. The zero-order valence-corrected chi connectivity index (χ0v) is 24.7. The van der Waals surface area contributed by atoms with E-state index in [4.69, 9.17) is 13.0 Å². The van der Waals surface area contributed by atoms with E-state index in [2.05, 4.69) is 42.5 Å². The van der Waals surface area contributed by atoms with E-state index in [1.165, 1.54) is 0 Å². The molecule has 1 heterocycles. The van der Waals surface area contributed by atoms with Crippen LogP contribution in [0.4, 0.5) is 0 Å². The van der Waals surface area contributed by atoms with Gasteiger partial charge in [-0.15, -0.1) is 0 Å². The van der Waals surface area contributed by atoms with Gasteiger partial charge in [0.2, 0.25) is 0 Å². The van der Waals surface area contributed by atoms with E-state index in [1.54, 1.807) is 0 Å². The van der Waals surface area contributed by atoms with Gasteiger partial charge in [0, 0.05) is 10.9 Å². The predicted octanol–water partition coefficient (Wildman–Crippen LogP) is 13.2. The molecule has 10 aromatic rings. The summed E-state index contributed by atoms with van der Waals surface area (Å²) in [5, 5.41) is 6.36. The molecule has 0 aromatic heterocycles. The molecule has 0 aliphatic carbocycles. The number of rotatable bonds is 2. The summed E-state index contributed by atoms with van der Waals surface area (Å²) in [4.78, 5) is 0. The average Bonchev–Trinajstić information content (AvgIpc) is 3.21. The molecule has 1 aliphatic rings. The van der Waals surface area contributed by atoms with Gasteiger partial charge in [-0.1, -0.05) is 139 Å². The average molecular weight is 604 g/mol. The molecule has 1 aliphatic heterocycles. The van der Waals surface area contributed by atoms with Gasteiger partial charge in [-0.3, -0.25) is 0 Å². The molecule has 0 fully saturated rings. The molecule has 0 radical (unpaired) electrons. The quantitative estimate of drug-likeness (QED) is 0.179. The Labute approximate surface area is 283 Å². The summed E-state index contributed by atoms with van der Waals surface area (Å²) < 4.78 is 87.1. The molecule has 1 heteroatoms. The van der Waals surface area contributed by atoms with Gasteiger partial charge in [-0.25, -0.2) is 0 Å². The van der Waals surface area contributed by atoms with Gasteiger partial charge < -0.3 is 4.74 Å². The van der Waals surface area contributed by atoms with Crippen molar-refractivity contribution in [2.24, 2.45) is 0 Å². The van der Waals surface area contributed by atoms with Crippen molar-refractivity contribution in [2.45, 2.75) is 0 Å². The fourth-order valence-electron chi connectivity index (χ4n) is 7.59. The molecule has 0 unspecified atom stereocenters. The van der Waals surface area contributed by atoms with Crippen molar-refractivity contribution in [3.63, 3.8) is 0 Å². The number of ether oxygens (including phenoxy) is 1. The van der Waals surface area contributed by atoms with Crippen LogP contribution in [0.1, 0.15) is 12.3 Å². The number of hydrogen-bond acceptors (Lipinski definition) is 1. The molecule has 0 bridgehead atoms. The third kappa shape index (κ3) is 3.43. The molecular weight excluding hydrogens is 569 g/mol. The number of fused-ring (bicyclic) bond motifs is 5. The Morgan fingerprint density at radius 3 is 1.91 bits per heavy atom. The maximum atomic E-state index is 9.37. The van der Waals surface area contributed by atoms with Gasteiger partial charge in [-0.2, -0.15) is 0 Å². The molecule has 0 amide bonds. The highest BCUT2D eigenvalue weighted by Crippen LogP contribution is 2.50. The predicted molar refractivity (Wildman–Crippen MR) is 199 cm³/mol. The van der Waals surface area contributed by atoms with Crippen LogP contribution < -0.4 is 4.74 Å². The molecule has 216 valence electrons. The van der Waals surface area contributed by atoms with E-state index in [0.717, 1.165) is 66.1 Å². The summed E-state index contributed by atoms with van der Waals surface area (Å²) in [6.45, 7) is 0. The van der Waals surface area contributed by atoms with E-state index in [1.807, 2.05) is 60.7 Å². The maximum Gasteiger partial charge on any atom is 0.136 e. The van der Waals surface area contributed by atoms with E-state index < -0.39 is 24.2 Å². The van der Waals surface area contributed by atoms with E-state index in [0.29, 0.717) is 5.56 Å². The van der Waals surface area contributed by atoms with Gasteiger partial charge in [0.15, 0.2) is 0 Å². The first-order valence-corrected chi connectivity index (χ1v) is 15.5. The summed E-state index contributed by atoms with van der Waals surface area (Å²) >= 11 is 0. The van der Waals surface area contributed by atoms with Crippen LogP contribution in [-0.4, -0.2) is 0 Å². The van der Waals surface area contributed by atoms with Crippen LogP contribution in [0.5, 0.6) is 11.5 Å². The Morgan fingerprint density at radius 1 is 0.362 bits per heavy atom. The van der Waals surface area contributed by atoms with Crippen molar-refractivity contribution >= 4 is 64.6 Å². The van der Waals surface area contributed by atoms with Gasteiger partial charge in [0.25, 0.3) is 0 Å².